The van der Waals surface area contributed by atoms with Gasteiger partial charge in [0.15, 0.2) is 0 Å². The van der Waals surface area contributed by atoms with Gasteiger partial charge in [0, 0.05) is 0 Å². The van der Waals surface area contributed by atoms with Crippen LogP contribution in [0.4, 0.5) is 5.13 Å². The van der Waals surface area contributed by atoms with Gasteiger partial charge in [0.25, 0.3) is 5.91 Å². The van der Waals surface area contributed by atoms with E-state index in [0.717, 1.165) is 17.1 Å². The largest absolute Gasteiger partial charge is 0.462 e. The number of hydrogen-bond acceptors (Lipinski definition) is 7. The Kier molecular flexibility index (Phi) is 4.54. The van der Waals surface area contributed by atoms with Crippen LogP contribution in [0.2, 0.25) is 0 Å². The summed E-state index contributed by atoms with van der Waals surface area (Å²) in [5, 5.41) is 5.81. The summed E-state index contributed by atoms with van der Waals surface area (Å²) >= 11 is 1.08. The molecule has 0 saturated carbocycles. The van der Waals surface area contributed by atoms with Gasteiger partial charge in [-0.3, -0.25) is 4.79 Å². The first-order valence-corrected chi connectivity index (χ1v) is 8.55. The van der Waals surface area contributed by atoms with Crippen molar-refractivity contribution in [1.82, 2.24) is 4.98 Å². The Bertz CT molecular complexity index is 907. The molecule has 1 amide bonds. The third-order valence-electron chi connectivity index (χ3n) is 3.54. The lowest BCUT2D eigenvalue weighted by Gasteiger charge is -2.06. The number of amides is 1. The van der Waals surface area contributed by atoms with E-state index in [1.807, 2.05) is 13.0 Å². The van der Waals surface area contributed by atoms with E-state index in [1.54, 1.807) is 32.9 Å². The average Bonchev–Trinajstić information content (AvgIpc) is 3.21. The summed E-state index contributed by atoms with van der Waals surface area (Å²) < 4.78 is 10.5. The predicted octanol–water partition coefficient (Wildman–Crippen LogP) is 3.34. The van der Waals surface area contributed by atoms with Crippen molar-refractivity contribution in [3.63, 3.8) is 0 Å². The van der Waals surface area contributed by atoms with Crippen LogP contribution in [-0.2, 0) is 9.53 Å². The summed E-state index contributed by atoms with van der Waals surface area (Å²) in [7, 11) is 0. The van der Waals surface area contributed by atoms with Gasteiger partial charge >= 0.3 is 5.97 Å². The van der Waals surface area contributed by atoms with Gasteiger partial charge in [0.05, 0.1) is 23.6 Å². The molecular formula is C17H17N3O4S. The number of aromatic nitrogens is 1. The Hall–Kier alpha value is -2.74. The number of thiazole rings is 1. The first kappa shape index (κ1) is 17.1. The topological polar surface area (TPSA) is 85.0 Å². The van der Waals surface area contributed by atoms with E-state index < -0.39 is 5.97 Å². The molecule has 2 aromatic rings. The molecule has 0 saturated heterocycles. The van der Waals surface area contributed by atoms with Gasteiger partial charge in [0.2, 0.25) is 5.13 Å². The summed E-state index contributed by atoms with van der Waals surface area (Å²) in [5.41, 5.74) is 1.50. The second-order valence-electron chi connectivity index (χ2n) is 5.44. The van der Waals surface area contributed by atoms with Crippen LogP contribution in [0.15, 0.2) is 27.2 Å². The molecular weight excluding hydrogens is 342 g/mol. The normalized spacial score (nSPS) is 15.8. The number of hydrogen-bond donors (Lipinski definition) is 0. The smallest absolute Gasteiger partial charge is 0.350 e. The van der Waals surface area contributed by atoms with Gasteiger partial charge in [-0.1, -0.05) is 11.3 Å². The van der Waals surface area contributed by atoms with Crippen LogP contribution < -0.4 is 5.01 Å². The van der Waals surface area contributed by atoms with Crippen molar-refractivity contribution in [3.05, 3.63) is 39.8 Å². The standard InChI is InChI=1S/C17H17N3O4S/c1-5-23-16(22)14-11(4)18-17(25-14)20-15(21)13(10(3)19-20)8-12-7-6-9(2)24-12/h6-8H,5H2,1-4H3. The molecule has 8 heteroatoms. The van der Waals surface area contributed by atoms with Gasteiger partial charge in [-0.15, -0.1) is 0 Å². The molecule has 2 aromatic heterocycles. The number of carbonyl (C=O) groups excluding carboxylic acids is 2. The van der Waals surface area contributed by atoms with E-state index in [1.165, 1.54) is 5.01 Å². The summed E-state index contributed by atoms with van der Waals surface area (Å²) in [6, 6.07) is 3.61. The van der Waals surface area contributed by atoms with Crippen molar-refractivity contribution >= 4 is 40.1 Å². The van der Waals surface area contributed by atoms with Crippen molar-refractivity contribution < 1.29 is 18.7 Å². The second kappa shape index (κ2) is 6.64. The minimum atomic E-state index is -0.446. The quantitative estimate of drug-likeness (QED) is 0.617. The summed E-state index contributed by atoms with van der Waals surface area (Å²) in [5.74, 6) is 0.590. The van der Waals surface area contributed by atoms with Crippen molar-refractivity contribution in [2.24, 2.45) is 5.10 Å². The van der Waals surface area contributed by atoms with E-state index in [4.69, 9.17) is 9.15 Å². The zero-order chi connectivity index (χ0) is 18.1. The maximum atomic E-state index is 12.7. The summed E-state index contributed by atoms with van der Waals surface area (Å²) in [6.07, 6.45) is 1.65. The average molecular weight is 359 g/mol. The van der Waals surface area contributed by atoms with Gasteiger partial charge < -0.3 is 9.15 Å². The summed E-state index contributed by atoms with van der Waals surface area (Å²) in [4.78, 5) is 29.3. The van der Waals surface area contributed by atoms with Gasteiger partial charge in [-0.05, 0) is 45.9 Å². The van der Waals surface area contributed by atoms with Crippen LogP contribution in [-0.4, -0.2) is 29.2 Å². The van der Waals surface area contributed by atoms with Crippen molar-refractivity contribution in [2.75, 3.05) is 11.6 Å². The lowest BCUT2D eigenvalue weighted by Crippen LogP contribution is -2.21. The van der Waals surface area contributed by atoms with Gasteiger partial charge in [0.1, 0.15) is 16.4 Å². The summed E-state index contributed by atoms with van der Waals surface area (Å²) in [6.45, 7) is 7.29. The van der Waals surface area contributed by atoms with Crippen LogP contribution in [0.5, 0.6) is 0 Å². The Labute approximate surface area is 148 Å². The highest BCUT2D eigenvalue weighted by molar-refractivity contribution is 7.17. The molecule has 0 unspecified atom stereocenters. The van der Waals surface area contributed by atoms with Crippen molar-refractivity contribution in [2.45, 2.75) is 27.7 Å². The van der Waals surface area contributed by atoms with Crippen molar-refractivity contribution in [3.8, 4) is 0 Å². The molecule has 0 aromatic carbocycles. The van der Waals surface area contributed by atoms with E-state index >= 15 is 0 Å². The van der Waals surface area contributed by atoms with E-state index in [2.05, 4.69) is 10.1 Å². The first-order chi connectivity index (χ1) is 11.9. The molecule has 3 heterocycles. The molecule has 7 nitrogen and oxygen atoms in total. The minimum absolute atomic E-state index is 0.279. The number of anilines is 1. The Morgan fingerprint density at radius 2 is 2.12 bits per heavy atom. The molecule has 0 aliphatic carbocycles. The third kappa shape index (κ3) is 3.25. The number of rotatable bonds is 4. The van der Waals surface area contributed by atoms with E-state index in [9.17, 15) is 9.59 Å². The molecule has 1 aliphatic rings. The van der Waals surface area contributed by atoms with E-state index in [0.29, 0.717) is 32.7 Å². The number of aryl methyl sites for hydroxylation is 2. The highest BCUT2D eigenvalue weighted by Gasteiger charge is 2.32. The molecule has 1 aliphatic heterocycles. The lowest BCUT2D eigenvalue weighted by atomic mass is 10.1. The number of esters is 1. The third-order valence-corrected chi connectivity index (χ3v) is 4.65. The Morgan fingerprint density at radius 1 is 1.36 bits per heavy atom. The number of furan rings is 1. The van der Waals surface area contributed by atoms with Gasteiger partial charge in [-0.2, -0.15) is 10.1 Å². The zero-order valence-electron chi connectivity index (χ0n) is 14.3. The van der Waals surface area contributed by atoms with Gasteiger partial charge in [-0.25, -0.2) is 9.78 Å². The minimum Gasteiger partial charge on any atom is -0.462 e. The highest BCUT2D eigenvalue weighted by Crippen LogP contribution is 2.31. The van der Waals surface area contributed by atoms with Crippen LogP contribution in [0, 0.1) is 13.8 Å². The maximum absolute atomic E-state index is 12.7. The van der Waals surface area contributed by atoms with Crippen LogP contribution in [0.25, 0.3) is 6.08 Å². The monoisotopic (exact) mass is 359 g/mol. The first-order valence-electron chi connectivity index (χ1n) is 7.73. The second-order valence-corrected chi connectivity index (χ2v) is 6.42. The molecule has 3 rings (SSSR count). The molecule has 0 bridgehead atoms. The SMILES string of the molecule is CCOC(=O)c1sc(N2N=C(C)C(=Cc3ccc(C)o3)C2=O)nc1C. The van der Waals surface area contributed by atoms with Crippen LogP contribution >= 0.6 is 11.3 Å². The molecule has 0 fully saturated rings. The molecule has 0 radical (unpaired) electrons. The molecule has 25 heavy (non-hydrogen) atoms. The number of ether oxygens (including phenoxy) is 1. The fraction of sp³-hybridized carbons (Fsp3) is 0.294. The van der Waals surface area contributed by atoms with Crippen LogP contribution in [0.1, 0.15) is 40.7 Å². The van der Waals surface area contributed by atoms with Crippen molar-refractivity contribution in [1.29, 1.82) is 0 Å². The molecule has 130 valence electrons. The lowest BCUT2D eigenvalue weighted by molar-refractivity contribution is -0.114. The highest BCUT2D eigenvalue weighted by atomic mass is 32.1. The number of nitrogens with zero attached hydrogens (tertiary/aromatic N) is 3. The molecule has 0 spiro atoms. The van der Waals surface area contributed by atoms with E-state index in [-0.39, 0.29) is 12.5 Å². The Balaban J connectivity index is 1.90. The fourth-order valence-corrected chi connectivity index (χ4v) is 3.26. The number of carbonyl (C=O) groups is 2. The Morgan fingerprint density at radius 3 is 2.76 bits per heavy atom. The zero-order valence-corrected chi connectivity index (χ0v) is 15.1. The number of hydrazone groups is 1. The molecule has 0 atom stereocenters. The van der Waals surface area contributed by atoms with Crippen LogP contribution in [0.3, 0.4) is 0 Å². The maximum Gasteiger partial charge on any atom is 0.350 e. The predicted molar refractivity (Wildman–Crippen MR) is 94.8 cm³/mol. The fourth-order valence-electron chi connectivity index (χ4n) is 2.35. The molecule has 0 N–H and O–H groups in total.